The Labute approximate surface area is 103 Å². The van der Waals surface area contributed by atoms with Gasteiger partial charge in [0.05, 0.1) is 18.4 Å². The molecule has 0 unspecified atom stereocenters. The molecule has 1 heterocycles. The number of nitriles is 1. The van der Waals surface area contributed by atoms with E-state index in [0.717, 1.165) is 6.42 Å². The van der Waals surface area contributed by atoms with E-state index in [0.29, 0.717) is 17.9 Å². The Hall–Kier alpha value is -1.56. The van der Waals surface area contributed by atoms with E-state index in [9.17, 15) is 0 Å². The van der Waals surface area contributed by atoms with Crippen LogP contribution in [0.25, 0.3) is 0 Å². The molecule has 0 saturated carbocycles. The van der Waals surface area contributed by atoms with Gasteiger partial charge >= 0.3 is 0 Å². The molecular formula is C14H20N2O. The largest absolute Gasteiger partial charge is 0.491 e. The fourth-order valence-corrected chi connectivity index (χ4v) is 1.65. The van der Waals surface area contributed by atoms with E-state index >= 15 is 0 Å². The lowest BCUT2D eigenvalue weighted by Crippen LogP contribution is -1.99. The van der Waals surface area contributed by atoms with Crippen molar-refractivity contribution in [2.24, 2.45) is 0 Å². The molecule has 1 rings (SSSR count). The fourth-order valence-electron chi connectivity index (χ4n) is 1.65. The third-order valence-corrected chi connectivity index (χ3v) is 2.66. The zero-order valence-corrected chi connectivity index (χ0v) is 10.5. The van der Waals surface area contributed by atoms with Crippen molar-refractivity contribution < 1.29 is 4.74 Å². The highest BCUT2D eigenvalue weighted by molar-refractivity contribution is 5.40. The molecule has 1 aromatic rings. The van der Waals surface area contributed by atoms with Crippen LogP contribution in [0.15, 0.2) is 18.5 Å². The maximum absolute atomic E-state index is 8.86. The van der Waals surface area contributed by atoms with Crippen LogP contribution in [0.4, 0.5) is 0 Å². The SMILES string of the molecule is CCCCCCCCOc1cnccc1C#N. The molecule has 92 valence electrons. The van der Waals surface area contributed by atoms with Crippen molar-refractivity contribution in [2.75, 3.05) is 6.61 Å². The van der Waals surface area contributed by atoms with E-state index < -0.39 is 0 Å². The van der Waals surface area contributed by atoms with E-state index in [2.05, 4.69) is 18.0 Å². The average molecular weight is 232 g/mol. The Bertz CT molecular complexity index is 357. The van der Waals surface area contributed by atoms with Gasteiger partial charge in [0.25, 0.3) is 0 Å². The van der Waals surface area contributed by atoms with Crippen molar-refractivity contribution >= 4 is 0 Å². The molecule has 0 aromatic carbocycles. The molecule has 0 N–H and O–H groups in total. The summed E-state index contributed by atoms with van der Waals surface area (Å²) in [6, 6.07) is 3.78. The Morgan fingerprint density at radius 1 is 1.24 bits per heavy atom. The van der Waals surface area contributed by atoms with Gasteiger partial charge in [-0.3, -0.25) is 4.98 Å². The molecule has 0 amide bonds. The zero-order chi connectivity index (χ0) is 12.3. The second-order valence-corrected chi connectivity index (χ2v) is 4.10. The molecule has 17 heavy (non-hydrogen) atoms. The quantitative estimate of drug-likeness (QED) is 0.642. The number of nitrogens with zero attached hydrogens (tertiary/aromatic N) is 2. The summed E-state index contributed by atoms with van der Waals surface area (Å²) >= 11 is 0. The van der Waals surface area contributed by atoms with Gasteiger partial charge in [0.15, 0.2) is 5.75 Å². The Morgan fingerprint density at radius 2 is 2.00 bits per heavy atom. The van der Waals surface area contributed by atoms with Crippen LogP contribution in [0.5, 0.6) is 5.75 Å². The van der Waals surface area contributed by atoms with Crippen molar-refractivity contribution in [3.63, 3.8) is 0 Å². The summed E-state index contributed by atoms with van der Waals surface area (Å²) in [7, 11) is 0. The Balaban J connectivity index is 2.16. The number of aromatic nitrogens is 1. The summed E-state index contributed by atoms with van der Waals surface area (Å²) < 4.78 is 5.55. The van der Waals surface area contributed by atoms with Crippen LogP contribution in [0.1, 0.15) is 51.0 Å². The zero-order valence-electron chi connectivity index (χ0n) is 10.5. The maximum Gasteiger partial charge on any atom is 0.155 e. The van der Waals surface area contributed by atoms with Gasteiger partial charge in [0.2, 0.25) is 0 Å². The number of ether oxygens (including phenoxy) is 1. The van der Waals surface area contributed by atoms with Crippen LogP contribution in [0.3, 0.4) is 0 Å². The first kappa shape index (κ1) is 13.5. The van der Waals surface area contributed by atoms with E-state index in [1.165, 1.54) is 32.1 Å². The smallest absolute Gasteiger partial charge is 0.155 e. The summed E-state index contributed by atoms with van der Waals surface area (Å²) in [4.78, 5) is 3.96. The molecule has 1 aromatic heterocycles. The molecular weight excluding hydrogens is 212 g/mol. The molecule has 0 fully saturated rings. The summed E-state index contributed by atoms with van der Waals surface area (Å²) in [5, 5.41) is 8.86. The first-order valence-electron chi connectivity index (χ1n) is 6.35. The van der Waals surface area contributed by atoms with Crippen molar-refractivity contribution in [3.05, 3.63) is 24.0 Å². The van der Waals surface area contributed by atoms with Gasteiger partial charge < -0.3 is 4.74 Å². The Kier molecular flexibility index (Phi) is 6.81. The minimum absolute atomic E-state index is 0.561. The molecule has 0 saturated heterocycles. The molecule has 0 radical (unpaired) electrons. The average Bonchev–Trinajstić information content (AvgIpc) is 2.38. The minimum Gasteiger partial charge on any atom is -0.491 e. The van der Waals surface area contributed by atoms with E-state index in [1.54, 1.807) is 18.5 Å². The number of hydrogen-bond donors (Lipinski definition) is 0. The van der Waals surface area contributed by atoms with Crippen molar-refractivity contribution in [1.82, 2.24) is 4.98 Å². The summed E-state index contributed by atoms with van der Waals surface area (Å²) in [5.74, 6) is 0.601. The van der Waals surface area contributed by atoms with Crippen LogP contribution in [-0.4, -0.2) is 11.6 Å². The van der Waals surface area contributed by atoms with Gasteiger partial charge in [-0.15, -0.1) is 0 Å². The third-order valence-electron chi connectivity index (χ3n) is 2.66. The minimum atomic E-state index is 0.561. The highest BCUT2D eigenvalue weighted by Crippen LogP contribution is 2.15. The first-order chi connectivity index (χ1) is 8.38. The van der Waals surface area contributed by atoms with Gasteiger partial charge in [-0.2, -0.15) is 5.26 Å². The number of pyridine rings is 1. The number of rotatable bonds is 8. The predicted molar refractivity (Wildman–Crippen MR) is 67.8 cm³/mol. The third kappa shape index (κ3) is 5.35. The number of hydrogen-bond acceptors (Lipinski definition) is 3. The summed E-state index contributed by atoms with van der Waals surface area (Å²) in [6.45, 7) is 2.89. The monoisotopic (exact) mass is 232 g/mol. The van der Waals surface area contributed by atoms with Crippen LogP contribution in [-0.2, 0) is 0 Å². The van der Waals surface area contributed by atoms with Crippen LogP contribution in [0, 0.1) is 11.3 Å². The van der Waals surface area contributed by atoms with E-state index in [1.807, 2.05) is 0 Å². The van der Waals surface area contributed by atoms with Gasteiger partial charge in [0.1, 0.15) is 6.07 Å². The molecule has 0 aliphatic rings. The fraction of sp³-hybridized carbons (Fsp3) is 0.571. The second kappa shape index (κ2) is 8.58. The topological polar surface area (TPSA) is 45.9 Å². The van der Waals surface area contributed by atoms with Crippen LogP contribution < -0.4 is 4.74 Å². The van der Waals surface area contributed by atoms with Crippen LogP contribution in [0.2, 0.25) is 0 Å². The summed E-state index contributed by atoms with van der Waals surface area (Å²) in [6.07, 6.45) is 10.6. The van der Waals surface area contributed by atoms with E-state index in [-0.39, 0.29) is 0 Å². The molecule has 0 spiro atoms. The maximum atomic E-state index is 8.86. The number of unbranched alkanes of at least 4 members (excludes halogenated alkanes) is 5. The van der Waals surface area contributed by atoms with Gasteiger partial charge in [-0.25, -0.2) is 0 Å². The lowest BCUT2D eigenvalue weighted by atomic mass is 10.1. The van der Waals surface area contributed by atoms with Crippen LogP contribution >= 0.6 is 0 Å². The highest BCUT2D eigenvalue weighted by atomic mass is 16.5. The molecule has 3 nitrogen and oxygen atoms in total. The lowest BCUT2D eigenvalue weighted by molar-refractivity contribution is 0.302. The molecule has 0 atom stereocenters. The van der Waals surface area contributed by atoms with Crippen molar-refractivity contribution in [1.29, 1.82) is 5.26 Å². The Morgan fingerprint density at radius 3 is 2.76 bits per heavy atom. The van der Waals surface area contributed by atoms with Gasteiger partial charge in [-0.05, 0) is 12.5 Å². The van der Waals surface area contributed by atoms with Crippen molar-refractivity contribution in [3.8, 4) is 11.8 Å². The second-order valence-electron chi connectivity index (χ2n) is 4.10. The van der Waals surface area contributed by atoms with Gasteiger partial charge in [-0.1, -0.05) is 39.0 Å². The normalized spacial score (nSPS) is 9.88. The predicted octanol–water partition coefficient (Wildman–Crippen LogP) is 3.69. The molecule has 0 bridgehead atoms. The standard InChI is InChI=1S/C14H20N2O/c1-2-3-4-5-6-7-10-17-14-12-16-9-8-13(14)11-15/h8-9,12H,2-7,10H2,1H3. The molecule has 0 aliphatic heterocycles. The first-order valence-corrected chi connectivity index (χ1v) is 6.35. The van der Waals surface area contributed by atoms with Crippen molar-refractivity contribution in [2.45, 2.75) is 45.4 Å². The highest BCUT2D eigenvalue weighted by Gasteiger charge is 2.01. The van der Waals surface area contributed by atoms with E-state index in [4.69, 9.17) is 10.00 Å². The summed E-state index contributed by atoms with van der Waals surface area (Å²) in [5.41, 5.74) is 0.561. The van der Waals surface area contributed by atoms with Gasteiger partial charge in [0, 0.05) is 6.20 Å². The lowest BCUT2D eigenvalue weighted by Gasteiger charge is -2.06. The molecule has 0 aliphatic carbocycles. The molecule has 3 heteroatoms.